The molecule has 178 valence electrons. The second-order valence-corrected chi connectivity index (χ2v) is 8.90. The molecule has 9 heteroatoms. The number of hydrogen-bond acceptors (Lipinski definition) is 7. The van der Waals surface area contributed by atoms with Crippen LogP contribution < -0.4 is 10.1 Å². The Morgan fingerprint density at radius 3 is 2.59 bits per heavy atom. The Kier molecular flexibility index (Phi) is 6.21. The van der Waals surface area contributed by atoms with Crippen molar-refractivity contribution in [1.82, 2.24) is 25.0 Å². The number of ether oxygens (including phenoxy) is 2. The minimum atomic E-state index is -0.324. The molecule has 2 aliphatic heterocycles. The van der Waals surface area contributed by atoms with E-state index in [1.807, 2.05) is 32.0 Å². The van der Waals surface area contributed by atoms with Crippen LogP contribution in [0.5, 0.6) is 11.5 Å². The van der Waals surface area contributed by atoms with E-state index >= 15 is 0 Å². The average molecular weight is 464 g/mol. The van der Waals surface area contributed by atoms with Gasteiger partial charge in [0, 0.05) is 43.3 Å². The first-order valence-corrected chi connectivity index (χ1v) is 11.6. The summed E-state index contributed by atoms with van der Waals surface area (Å²) in [7, 11) is 0. The fourth-order valence-corrected chi connectivity index (χ4v) is 4.38. The molecule has 1 amide bonds. The van der Waals surface area contributed by atoms with Crippen LogP contribution in [0.15, 0.2) is 36.4 Å². The molecule has 0 spiro atoms. The number of fused-ring (bicyclic) bond motifs is 1. The Morgan fingerprint density at radius 2 is 1.85 bits per heavy atom. The van der Waals surface area contributed by atoms with Crippen LogP contribution in [0.4, 0.5) is 0 Å². The van der Waals surface area contributed by atoms with Crippen LogP contribution in [0, 0.1) is 0 Å². The number of benzene rings is 2. The van der Waals surface area contributed by atoms with Crippen LogP contribution >= 0.6 is 0 Å². The minimum absolute atomic E-state index is 0.0532. The SMILES string of the molecule is CC(C)NC(=O)c1nnc(-c2ccc3c(c2O)CCO3)n1-c1ccc(CN2CCOCC2)cc1. The number of carbonyl (C=O) groups is 1. The van der Waals surface area contributed by atoms with Crippen LogP contribution in [0.1, 0.15) is 35.6 Å². The maximum atomic E-state index is 13.0. The predicted octanol–water partition coefficient (Wildman–Crippen LogP) is 2.55. The van der Waals surface area contributed by atoms with E-state index in [2.05, 4.69) is 32.5 Å². The second kappa shape index (κ2) is 9.44. The lowest BCUT2D eigenvalue weighted by atomic mass is 10.1. The van der Waals surface area contributed by atoms with Gasteiger partial charge in [0.25, 0.3) is 5.91 Å². The molecule has 0 unspecified atom stereocenters. The molecule has 0 radical (unpaired) electrons. The minimum Gasteiger partial charge on any atom is -0.507 e. The molecule has 1 fully saturated rings. The lowest BCUT2D eigenvalue weighted by Crippen LogP contribution is -2.35. The molecule has 9 nitrogen and oxygen atoms in total. The highest BCUT2D eigenvalue weighted by molar-refractivity contribution is 5.92. The van der Waals surface area contributed by atoms with Gasteiger partial charge in [-0.25, -0.2) is 0 Å². The number of nitrogens with one attached hydrogen (secondary N) is 1. The lowest BCUT2D eigenvalue weighted by molar-refractivity contribution is 0.0342. The monoisotopic (exact) mass is 463 g/mol. The number of nitrogens with zero attached hydrogens (tertiary/aromatic N) is 4. The van der Waals surface area contributed by atoms with Gasteiger partial charge in [0.2, 0.25) is 5.82 Å². The van der Waals surface area contributed by atoms with Gasteiger partial charge in [-0.05, 0) is 43.7 Å². The molecular weight excluding hydrogens is 434 g/mol. The summed E-state index contributed by atoms with van der Waals surface area (Å²) in [5.74, 6) is 1.04. The molecule has 0 bridgehead atoms. The molecule has 2 aromatic carbocycles. The van der Waals surface area contributed by atoms with Gasteiger partial charge in [-0.1, -0.05) is 12.1 Å². The molecule has 2 aliphatic rings. The van der Waals surface area contributed by atoms with E-state index < -0.39 is 0 Å². The maximum Gasteiger partial charge on any atom is 0.289 e. The lowest BCUT2D eigenvalue weighted by Gasteiger charge is -2.26. The molecule has 3 heterocycles. The summed E-state index contributed by atoms with van der Waals surface area (Å²) in [5, 5.41) is 22.4. The molecular formula is C25H29N5O4. The zero-order valence-electron chi connectivity index (χ0n) is 19.5. The van der Waals surface area contributed by atoms with Crippen molar-refractivity contribution in [3.63, 3.8) is 0 Å². The first-order chi connectivity index (χ1) is 16.5. The van der Waals surface area contributed by atoms with Gasteiger partial charge in [-0.2, -0.15) is 0 Å². The number of morpholine rings is 1. The number of phenols is 1. The highest BCUT2D eigenvalue weighted by Gasteiger charge is 2.26. The topological polar surface area (TPSA) is 102 Å². The Balaban J connectivity index is 1.53. The van der Waals surface area contributed by atoms with Crippen LogP contribution in [-0.4, -0.2) is 69.6 Å². The van der Waals surface area contributed by atoms with Crippen molar-refractivity contribution in [2.75, 3.05) is 32.9 Å². The number of carbonyl (C=O) groups excluding carboxylic acids is 1. The Bertz CT molecular complexity index is 1180. The van der Waals surface area contributed by atoms with E-state index in [0.717, 1.165) is 44.1 Å². The van der Waals surface area contributed by atoms with Crippen molar-refractivity contribution >= 4 is 5.91 Å². The van der Waals surface area contributed by atoms with Gasteiger partial charge in [-0.15, -0.1) is 10.2 Å². The smallest absolute Gasteiger partial charge is 0.289 e. The number of rotatable bonds is 6. The van der Waals surface area contributed by atoms with E-state index in [0.29, 0.717) is 30.2 Å². The van der Waals surface area contributed by atoms with Crippen molar-refractivity contribution in [2.24, 2.45) is 0 Å². The molecule has 5 rings (SSSR count). The van der Waals surface area contributed by atoms with Gasteiger partial charge < -0.3 is 19.9 Å². The number of aromatic hydroxyl groups is 1. The summed E-state index contributed by atoms with van der Waals surface area (Å²) in [5.41, 5.74) is 3.18. The van der Waals surface area contributed by atoms with Crippen molar-refractivity contribution < 1.29 is 19.4 Å². The van der Waals surface area contributed by atoms with E-state index in [1.54, 1.807) is 10.6 Å². The van der Waals surface area contributed by atoms with Crippen molar-refractivity contribution in [3.05, 3.63) is 53.3 Å². The molecule has 3 aromatic rings. The van der Waals surface area contributed by atoms with Crippen molar-refractivity contribution in [1.29, 1.82) is 0 Å². The van der Waals surface area contributed by atoms with Crippen LogP contribution in [-0.2, 0) is 17.7 Å². The summed E-state index contributed by atoms with van der Waals surface area (Å²) in [6.45, 7) is 8.50. The number of aromatic nitrogens is 3. The molecule has 34 heavy (non-hydrogen) atoms. The van der Waals surface area contributed by atoms with Gasteiger partial charge in [0.15, 0.2) is 5.82 Å². The normalized spacial score (nSPS) is 15.9. The van der Waals surface area contributed by atoms with Gasteiger partial charge in [-0.3, -0.25) is 14.3 Å². The fourth-order valence-electron chi connectivity index (χ4n) is 4.38. The summed E-state index contributed by atoms with van der Waals surface area (Å²) >= 11 is 0. The second-order valence-electron chi connectivity index (χ2n) is 8.90. The molecule has 0 atom stereocenters. The zero-order chi connectivity index (χ0) is 23.7. The Hall–Kier alpha value is -3.43. The highest BCUT2D eigenvalue weighted by Crippen LogP contribution is 2.40. The molecule has 1 aromatic heterocycles. The first kappa shape index (κ1) is 22.4. The zero-order valence-corrected chi connectivity index (χ0v) is 19.5. The summed E-state index contributed by atoms with van der Waals surface area (Å²) < 4.78 is 12.7. The average Bonchev–Trinajstić information content (AvgIpc) is 3.48. The standard InChI is InChI=1S/C25H29N5O4/c1-16(2)26-25(32)24-28-27-23(20-7-8-21-19(22(20)31)9-12-34-21)30(24)18-5-3-17(4-6-18)15-29-10-13-33-14-11-29/h3-8,16,31H,9-15H2,1-2H3,(H,26,32). The first-order valence-electron chi connectivity index (χ1n) is 11.6. The number of hydrogen-bond donors (Lipinski definition) is 2. The van der Waals surface area contributed by atoms with Crippen LogP contribution in [0.25, 0.3) is 17.1 Å². The van der Waals surface area contributed by atoms with Crippen molar-refractivity contribution in [2.45, 2.75) is 32.9 Å². The quantitative estimate of drug-likeness (QED) is 0.579. The van der Waals surface area contributed by atoms with E-state index in [9.17, 15) is 9.90 Å². The van der Waals surface area contributed by atoms with Gasteiger partial charge >= 0.3 is 0 Å². The van der Waals surface area contributed by atoms with Crippen LogP contribution in [0.3, 0.4) is 0 Å². The van der Waals surface area contributed by atoms with Crippen LogP contribution in [0.2, 0.25) is 0 Å². The molecule has 0 aliphatic carbocycles. The fraction of sp³-hybridized carbons (Fsp3) is 0.400. The summed E-state index contributed by atoms with van der Waals surface area (Å²) in [6, 6.07) is 11.6. The summed E-state index contributed by atoms with van der Waals surface area (Å²) in [6.07, 6.45) is 0.625. The predicted molar refractivity (Wildman–Crippen MR) is 126 cm³/mol. The Labute approximate surface area is 198 Å². The Morgan fingerprint density at radius 1 is 1.09 bits per heavy atom. The third-order valence-corrected chi connectivity index (χ3v) is 6.08. The van der Waals surface area contributed by atoms with E-state index in [-0.39, 0.29) is 23.5 Å². The third-order valence-electron chi connectivity index (χ3n) is 6.08. The molecule has 0 saturated carbocycles. The highest BCUT2D eigenvalue weighted by atomic mass is 16.5. The largest absolute Gasteiger partial charge is 0.507 e. The van der Waals surface area contributed by atoms with Crippen molar-refractivity contribution in [3.8, 4) is 28.6 Å². The van der Waals surface area contributed by atoms with E-state index in [1.165, 1.54) is 5.56 Å². The van der Waals surface area contributed by atoms with Gasteiger partial charge in [0.05, 0.1) is 25.4 Å². The third kappa shape index (κ3) is 4.36. The molecule has 2 N–H and O–H groups in total. The maximum absolute atomic E-state index is 13.0. The molecule has 1 saturated heterocycles. The summed E-state index contributed by atoms with van der Waals surface area (Å²) in [4.78, 5) is 15.3. The number of phenolic OH excluding ortho intramolecular Hbond substituents is 1. The van der Waals surface area contributed by atoms with Gasteiger partial charge in [0.1, 0.15) is 11.5 Å². The van der Waals surface area contributed by atoms with E-state index in [4.69, 9.17) is 9.47 Å². The number of amides is 1.